The molecule has 0 spiro atoms. The van der Waals surface area contributed by atoms with E-state index in [9.17, 15) is 0 Å². The summed E-state index contributed by atoms with van der Waals surface area (Å²) in [5.74, 6) is 1.90. The maximum atomic E-state index is 5.57. The Morgan fingerprint density at radius 2 is 2.04 bits per heavy atom. The Labute approximate surface area is 158 Å². The van der Waals surface area contributed by atoms with E-state index in [4.69, 9.17) is 9.15 Å². The van der Waals surface area contributed by atoms with Crippen LogP contribution in [0.3, 0.4) is 0 Å². The van der Waals surface area contributed by atoms with Crippen LogP contribution in [-0.4, -0.2) is 29.6 Å². The second kappa shape index (κ2) is 9.38. The summed E-state index contributed by atoms with van der Waals surface area (Å²) in [4.78, 5) is 13.2. The first-order chi connectivity index (χ1) is 13.3. The van der Waals surface area contributed by atoms with Gasteiger partial charge in [-0.1, -0.05) is 18.2 Å². The maximum absolute atomic E-state index is 5.57. The van der Waals surface area contributed by atoms with Crippen LogP contribution in [-0.2, 0) is 13.1 Å². The highest BCUT2D eigenvalue weighted by Crippen LogP contribution is 2.17. The van der Waals surface area contributed by atoms with Crippen LogP contribution in [0.4, 0.5) is 0 Å². The molecular formula is C20H23N5O2. The van der Waals surface area contributed by atoms with E-state index in [0.717, 1.165) is 23.4 Å². The van der Waals surface area contributed by atoms with Gasteiger partial charge in [0.05, 0.1) is 25.9 Å². The smallest absolute Gasteiger partial charge is 0.226 e. The highest BCUT2D eigenvalue weighted by Gasteiger charge is 2.07. The fourth-order valence-electron chi connectivity index (χ4n) is 2.45. The number of benzene rings is 1. The number of oxazole rings is 1. The van der Waals surface area contributed by atoms with Gasteiger partial charge in [-0.3, -0.25) is 0 Å². The molecule has 7 nitrogen and oxygen atoms in total. The second-order valence-corrected chi connectivity index (χ2v) is 5.77. The van der Waals surface area contributed by atoms with Gasteiger partial charge in [0.1, 0.15) is 6.26 Å². The van der Waals surface area contributed by atoms with Crippen LogP contribution in [0.5, 0.6) is 5.88 Å². The second-order valence-electron chi connectivity index (χ2n) is 5.77. The molecule has 0 fully saturated rings. The van der Waals surface area contributed by atoms with E-state index < -0.39 is 0 Å². The molecule has 0 aliphatic carbocycles. The van der Waals surface area contributed by atoms with E-state index in [1.54, 1.807) is 19.6 Å². The Morgan fingerprint density at radius 3 is 2.81 bits per heavy atom. The van der Waals surface area contributed by atoms with Crippen LogP contribution in [0.1, 0.15) is 18.2 Å². The van der Waals surface area contributed by atoms with Crippen molar-refractivity contribution in [3.8, 4) is 17.3 Å². The molecule has 0 unspecified atom stereocenters. The number of ether oxygens (including phenoxy) is 1. The van der Waals surface area contributed by atoms with E-state index in [2.05, 4.69) is 25.6 Å². The zero-order valence-corrected chi connectivity index (χ0v) is 15.5. The predicted octanol–water partition coefficient (Wildman–Crippen LogP) is 3.00. The van der Waals surface area contributed by atoms with Crippen LogP contribution in [0.2, 0.25) is 0 Å². The van der Waals surface area contributed by atoms with Crippen LogP contribution in [0.15, 0.2) is 64.3 Å². The Balaban J connectivity index is 1.62. The van der Waals surface area contributed by atoms with Crippen LogP contribution >= 0.6 is 0 Å². The summed E-state index contributed by atoms with van der Waals surface area (Å²) in [7, 11) is 1.60. The van der Waals surface area contributed by atoms with E-state index >= 15 is 0 Å². The molecule has 0 amide bonds. The van der Waals surface area contributed by atoms with Crippen molar-refractivity contribution < 1.29 is 9.15 Å². The number of pyridine rings is 1. The first-order valence-electron chi connectivity index (χ1n) is 8.79. The van der Waals surface area contributed by atoms with Crippen LogP contribution in [0.25, 0.3) is 11.5 Å². The van der Waals surface area contributed by atoms with Gasteiger partial charge in [0.15, 0.2) is 5.96 Å². The average molecular weight is 365 g/mol. The molecule has 3 rings (SSSR count). The first-order valence-corrected chi connectivity index (χ1v) is 8.79. The average Bonchev–Trinajstić information content (AvgIpc) is 3.20. The molecular weight excluding hydrogens is 342 g/mol. The number of aliphatic imine (C=N–C) groups is 1. The number of rotatable bonds is 7. The molecule has 2 N–H and O–H groups in total. The fraction of sp³-hybridized carbons (Fsp3) is 0.250. The molecule has 3 aromatic rings. The molecule has 0 aliphatic heterocycles. The molecule has 7 heteroatoms. The molecule has 0 saturated heterocycles. The molecule has 0 radical (unpaired) electrons. The van der Waals surface area contributed by atoms with E-state index in [1.807, 2.05) is 49.4 Å². The third-order valence-electron chi connectivity index (χ3n) is 3.78. The monoisotopic (exact) mass is 365 g/mol. The minimum absolute atomic E-state index is 0.516. The highest BCUT2D eigenvalue weighted by molar-refractivity contribution is 5.79. The SMILES string of the molecule is CCNC(=NCc1ccnc(OC)c1)NCc1coc(-c2ccccc2)n1. The van der Waals surface area contributed by atoms with Crippen molar-refractivity contribution in [1.29, 1.82) is 0 Å². The third kappa shape index (κ3) is 5.31. The molecule has 27 heavy (non-hydrogen) atoms. The molecule has 0 atom stereocenters. The zero-order valence-electron chi connectivity index (χ0n) is 15.5. The van der Waals surface area contributed by atoms with Gasteiger partial charge < -0.3 is 19.8 Å². The normalized spacial score (nSPS) is 11.3. The highest BCUT2D eigenvalue weighted by atomic mass is 16.5. The molecule has 2 aromatic heterocycles. The van der Waals surface area contributed by atoms with Crippen molar-refractivity contribution in [3.05, 3.63) is 66.2 Å². The Bertz CT molecular complexity index is 877. The molecule has 140 valence electrons. The number of hydrogen-bond acceptors (Lipinski definition) is 5. The maximum Gasteiger partial charge on any atom is 0.226 e. The first kappa shape index (κ1) is 18.4. The van der Waals surface area contributed by atoms with E-state index in [0.29, 0.717) is 30.8 Å². The molecule has 0 saturated carbocycles. The molecule has 0 aliphatic rings. The Hall–Kier alpha value is -3.35. The zero-order chi connectivity index (χ0) is 18.9. The summed E-state index contributed by atoms with van der Waals surface area (Å²) in [6.07, 6.45) is 3.37. The third-order valence-corrected chi connectivity index (χ3v) is 3.78. The summed E-state index contributed by atoms with van der Waals surface area (Å²) < 4.78 is 10.7. The van der Waals surface area contributed by atoms with Gasteiger partial charge in [-0.2, -0.15) is 0 Å². The lowest BCUT2D eigenvalue weighted by molar-refractivity contribution is 0.397. The summed E-state index contributed by atoms with van der Waals surface area (Å²) in [5.41, 5.74) is 2.79. The van der Waals surface area contributed by atoms with Crippen molar-refractivity contribution in [2.75, 3.05) is 13.7 Å². The number of nitrogens with one attached hydrogen (secondary N) is 2. The number of methoxy groups -OCH3 is 1. The van der Waals surface area contributed by atoms with Gasteiger partial charge >= 0.3 is 0 Å². The van der Waals surface area contributed by atoms with Crippen LogP contribution in [0, 0.1) is 0 Å². The number of hydrogen-bond donors (Lipinski definition) is 2. The minimum atomic E-state index is 0.516. The van der Waals surface area contributed by atoms with Crippen molar-refractivity contribution >= 4 is 5.96 Å². The van der Waals surface area contributed by atoms with Gasteiger partial charge in [-0.25, -0.2) is 15.0 Å². The van der Waals surface area contributed by atoms with Gasteiger partial charge in [0.25, 0.3) is 0 Å². The molecule has 2 heterocycles. The van der Waals surface area contributed by atoms with Gasteiger partial charge in [0.2, 0.25) is 11.8 Å². The summed E-state index contributed by atoms with van der Waals surface area (Å²) in [6, 6.07) is 13.6. The summed E-state index contributed by atoms with van der Waals surface area (Å²) in [5, 5.41) is 6.49. The standard InChI is InChI=1S/C20H23N5O2/c1-3-21-20(23-12-15-9-10-22-18(11-15)26-2)24-13-17-14-27-19(25-17)16-7-5-4-6-8-16/h4-11,14H,3,12-13H2,1-2H3,(H2,21,23,24). The lowest BCUT2D eigenvalue weighted by Gasteiger charge is -2.10. The van der Waals surface area contributed by atoms with Gasteiger partial charge in [0, 0.05) is 24.4 Å². The largest absolute Gasteiger partial charge is 0.481 e. The van der Waals surface area contributed by atoms with E-state index in [-0.39, 0.29) is 0 Å². The molecule has 0 bridgehead atoms. The number of aromatic nitrogens is 2. The topological polar surface area (TPSA) is 84.6 Å². The lowest BCUT2D eigenvalue weighted by atomic mass is 10.2. The Morgan fingerprint density at radius 1 is 1.19 bits per heavy atom. The Kier molecular flexibility index (Phi) is 6.40. The number of nitrogens with zero attached hydrogens (tertiary/aromatic N) is 3. The lowest BCUT2D eigenvalue weighted by Crippen LogP contribution is -2.36. The van der Waals surface area contributed by atoms with E-state index in [1.165, 1.54) is 0 Å². The predicted molar refractivity (Wildman–Crippen MR) is 104 cm³/mol. The van der Waals surface area contributed by atoms with Crippen molar-refractivity contribution in [2.24, 2.45) is 4.99 Å². The fourth-order valence-corrected chi connectivity index (χ4v) is 2.45. The summed E-state index contributed by atoms with van der Waals surface area (Å²) in [6.45, 7) is 3.82. The van der Waals surface area contributed by atoms with Crippen molar-refractivity contribution in [1.82, 2.24) is 20.6 Å². The van der Waals surface area contributed by atoms with Gasteiger partial charge in [-0.15, -0.1) is 0 Å². The quantitative estimate of drug-likeness (QED) is 0.495. The van der Waals surface area contributed by atoms with Crippen LogP contribution < -0.4 is 15.4 Å². The van der Waals surface area contributed by atoms with Crippen molar-refractivity contribution in [3.63, 3.8) is 0 Å². The van der Waals surface area contributed by atoms with Crippen molar-refractivity contribution in [2.45, 2.75) is 20.0 Å². The molecule has 1 aromatic carbocycles. The van der Waals surface area contributed by atoms with Gasteiger partial charge in [-0.05, 0) is 30.7 Å². The summed E-state index contributed by atoms with van der Waals surface area (Å²) >= 11 is 0. The number of guanidine groups is 1. The minimum Gasteiger partial charge on any atom is -0.481 e.